The Labute approximate surface area is 111 Å². The highest BCUT2D eigenvalue weighted by Crippen LogP contribution is 2.12. The van der Waals surface area contributed by atoms with Crippen LogP contribution in [-0.2, 0) is 0 Å². The summed E-state index contributed by atoms with van der Waals surface area (Å²) in [6, 6.07) is 3.66. The summed E-state index contributed by atoms with van der Waals surface area (Å²) in [4.78, 5) is 18.1. The number of aromatic nitrogens is 1. The van der Waals surface area contributed by atoms with E-state index in [4.69, 9.17) is 0 Å². The minimum Gasteiger partial charge on any atom is -0.349 e. The Morgan fingerprint density at radius 3 is 2.88 bits per heavy atom. The average Bonchev–Trinajstić information content (AvgIpc) is 2.26. The van der Waals surface area contributed by atoms with Gasteiger partial charge < -0.3 is 10.2 Å². The molecule has 17 heavy (non-hydrogen) atoms. The van der Waals surface area contributed by atoms with E-state index in [0.717, 1.165) is 13.0 Å². The summed E-state index contributed by atoms with van der Waals surface area (Å²) in [5, 5.41) is 2.96. The lowest BCUT2D eigenvalue weighted by atomic mass is 10.2. The van der Waals surface area contributed by atoms with Crippen molar-refractivity contribution in [1.29, 1.82) is 0 Å². The smallest absolute Gasteiger partial charge is 0.254 e. The van der Waals surface area contributed by atoms with Crippen molar-refractivity contribution in [2.24, 2.45) is 0 Å². The lowest BCUT2D eigenvalue weighted by Crippen LogP contribution is -2.35. The van der Waals surface area contributed by atoms with Gasteiger partial charge >= 0.3 is 0 Å². The second kappa shape index (κ2) is 6.71. The molecule has 0 saturated heterocycles. The SMILES string of the molecule is CC(CCN(C)C)NC(=O)c1cccnc1Br. The molecule has 0 aliphatic heterocycles. The van der Waals surface area contributed by atoms with Crippen LogP contribution in [0.1, 0.15) is 23.7 Å². The van der Waals surface area contributed by atoms with Gasteiger partial charge in [0.25, 0.3) is 5.91 Å². The van der Waals surface area contributed by atoms with Gasteiger partial charge in [-0.3, -0.25) is 4.79 Å². The number of halogens is 1. The molecule has 4 nitrogen and oxygen atoms in total. The number of amides is 1. The maximum Gasteiger partial charge on any atom is 0.254 e. The zero-order chi connectivity index (χ0) is 12.8. The lowest BCUT2D eigenvalue weighted by molar-refractivity contribution is 0.0935. The molecule has 0 aliphatic rings. The molecule has 0 spiro atoms. The summed E-state index contributed by atoms with van der Waals surface area (Å²) in [6.45, 7) is 2.96. The Kier molecular flexibility index (Phi) is 5.58. The number of carbonyl (C=O) groups excluding carboxylic acids is 1. The summed E-state index contributed by atoms with van der Waals surface area (Å²) in [5.41, 5.74) is 0.573. The molecule has 1 atom stereocenters. The van der Waals surface area contributed by atoms with Crippen molar-refractivity contribution in [1.82, 2.24) is 15.2 Å². The zero-order valence-electron chi connectivity index (χ0n) is 10.4. The van der Waals surface area contributed by atoms with Gasteiger partial charge in [0, 0.05) is 12.2 Å². The molecular weight excluding hydrogens is 282 g/mol. The van der Waals surface area contributed by atoms with Crippen LogP contribution in [0.2, 0.25) is 0 Å². The molecule has 0 fully saturated rings. The van der Waals surface area contributed by atoms with Gasteiger partial charge in [-0.25, -0.2) is 4.98 Å². The summed E-state index contributed by atoms with van der Waals surface area (Å²) >= 11 is 3.27. The molecule has 1 unspecified atom stereocenters. The Hall–Kier alpha value is -0.940. The van der Waals surface area contributed by atoms with E-state index < -0.39 is 0 Å². The van der Waals surface area contributed by atoms with Crippen LogP contribution in [0, 0.1) is 0 Å². The van der Waals surface area contributed by atoms with Crippen molar-refractivity contribution in [3.05, 3.63) is 28.5 Å². The first kappa shape index (κ1) is 14.1. The summed E-state index contributed by atoms with van der Waals surface area (Å²) < 4.78 is 0.581. The molecule has 5 heteroatoms. The van der Waals surface area contributed by atoms with Crippen LogP contribution < -0.4 is 5.32 Å². The predicted octanol–water partition coefficient (Wildman–Crippen LogP) is 1.91. The number of nitrogens with zero attached hydrogens (tertiary/aromatic N) is 2. The molecule has 1 heterocycles. The highest BCUT2D eigenvalue weighted by molar-refractivity contribution is 9.10. The van der Waals surface area contributed by atoms with Crippen molar-refractivity contribution in [3.8, 4) is 0 Å². The maximum absolute atomic E-state index is 11.9. The Bertz CT molecular complexity index is 382. The maximum atomic E-state index is 11.9. The normalized spacial score (nSPS) is 12.5. The van der Waals surface area contributed by atoms with Crippen LogP contribution in [0.25, 0.3) is 0 Å². The molecular formula is C12H18BrN3O. The minimum atomic E-state index is -0.0868. The van der Waals surface area contributed by atoms with E-state index in [1.807, 2.05) is 21.0 Å². The third-order valence-electron chi connectivity index (χ3n) is 2.39. The minimum absolute atomic E-state index is 0.0868. The number of hydrogen-bond donors (Lipinski definition) is 1. The van der Waals surface area contributed by atoms with Crippen LogP contribution in [-0.4, -0.2) is 42.5 Å². The largest absolute Gasteiger partial charge is 0.349 e. The van der Waals surface area contributed by atoms with Gasteiger partial charge in [-0.05, 0) is 62.0 Å². The molecule has 94 valence electrons. The van der Waals surface area contributed by atoms with Gasteiger partial charge in [0.05, 0.1) is 5.56 Å². The fraction of sp³-hybridized carbons (Fsp3) is 0.500. The first-order chi connectivity index (χ1) is 8.00. The van der Waals surface area contributed by atoms with Crippen molar-refractivity contribution < 1.29 is 4.79 Å². The average molecular weight is 300 g/mol. The fourth-order valence-corrected chi connectivity index (χ4v) is 1.81. The van der Waals surface area contributed by atoms with Crippen LogP contribution >= 0.6 is 15.9 Å². The number of hydrogen-bond acceptors (Lipinski definition) is 3. The van der Waals surface area contributed by atoms with Crippen LogP contribution in [0.5, 0.6) is 0 Å². The predicted molar refractivity (Wildman–Crippen MR) is 72.0 cm³/mol. The molecule has 1 rings (SSSR count). The van der Waals surface area contributed by atoms with E-state index in [1.54, 1.807) is 18.3 Å². The molecule has 1 aromatic heterocycles. The molecule has 1 amide bonds. The summed E-state index contributed by atoms with van der Waals surface area (Å²) in [7, 11) is 4.04. The summed E-state index contributed by atoms with van der Waals surface area (Å²) in [5.74, 6) is -0.0868. The third-order valence-corrected chi connectivity index (χ3v) is 3.02. The van der Waals surface area contributed by atoms with E-state index in [2.05, 4.69) is 31.1 Å². The number of nitrogens with one attached hydrogen (secondary N) is 1. The van der Waals surface area contributed by atoms with E-state index in [-0.39, 0.29) is 11.9 Å². The van der Waals surface area contributed by atoms with E-state index in [0.29, 0.717) is 10.2 Å². The number of rotatable bonds is 5. The monoisotopic (exact) mass is 299 g/mol. The Morgan fingerprint density at radius 1 is 1.59 bits per heavy atom. The zero-order valence-corrected chi connectivity index (χ0v) is 12.0. The molecule has 0 aliphatic carbocycles. The topological polar surface area (TPSA) is 45.2 Å². The molecule has 1 N–H and O–H groups in total. The summed E-state index contributed by atoms with van der Waals surface area (Å²) in [6.07, 6.45) is 2.58. The molecule has 0 aromatic carbocycles. The molecule has 0 saturated carbocycles. The lowest BCUT2D eigenvalue weighted by Gasteiger charge is -2.16. The van der Waals surface area contributed by atoms with Crippen molar-refractivity contribution >= 4 is 21.8 Å². The Balaban J connectivity index is 2.52. The second-order valence-electron chi connectivity index (χ2n) is 4.31. The van der Waals surface area contributed by atoms with Crippen LogP contribution in [0.4, 0.5) is 0 Å². The number of carbonyl (C=O) groups is 1. The van der Waals surface area contributed by atoms with E-state index in [9.17, 15) is 4.79 Å². The van der Waals surface area contributed by atoms with Crippen molar-refractivity contribution in [2.75, 3.05) is 20.6 Å². The van der Waals surface area contributed by atoms with E-state index >= 15 is 0 Å². The van der Waals surface area contributed by atoms with E-state index in [1.165, 1.54) is 0 Å². The Morgan fingerprint density at radius 2 is 2.29 bits per heavy atom. The van der Waals surface area contributed by atoms with Gasteiger partial charge in [-0.1, -0.05) is 0 Å². The van der Waals surface area contributed by atoms with Gasteiger partial charge in [0.1, 0.15) is 4.60 Å². The third kappa shape index (κ3) is 4.83. The second-order valence-corrected chi connectivity index (χ2v) is 5.06. The van der Waals surface area contributed by atoms with Crippen molar-refractivity contribution in [2.45, 2.75) is 19.4 Å². The highest BCUT2D eigenvalue weighted by Gasteiger charge is 2.12. The van der Waals surface area contributed by atoms with Crippen LogP contribution in [0.15, 0.2) is 22.9 Å². The first-order valence-corrected chi connectivity index (χ1v) is 6.36. The van der Waals surface area contributed by atoms with Crippen LogP contribution in [0.3, 0.4) is 0 Å². The molecule has 1 aromatic rings. The fourth-order valence-electron chi connectivity index (χ4n) is 1.38. The molecule has 0 radical (unpaired) electrons. The first-order valence-electron chi connectivity index (χ1n) is 5.57. The van der Waals surface area contributed by atoms with Gasteiger partial charge in [0.2, 0.25) is 0 Å². The van der Waals surface area contributed by atoms with Gasteiger partial charge in [-0.15, -0.1) is 0 Å². The van der Waals surface area contributed by atoms with Gasteiger partial charge in [0.15, 0.2) is 0 Å². The standard InChI is InChI=1S/C12H18BrN3O/c1-9(6-8-16(2)3)15-12(17)10-5-4-7-14-11(10)13/h4-5,7,9H,6,8H2,1-3H3,(H,15,17). The quantitative estimate of drug-likeness (QED) is 0.845. The molecule has 0 bridgehead atoms. The highest BCUT2D eigenvalue weighted by atomic mass is 79.9. The number of pyridine rings is 1. The van der Waals surface area contributed by atoms with Crippen molar-refractivity contribution in [3.63, 3.8) is 0 Å². The van der Waals surface area contributed by atoms with Gasteiger partial charge in [-0.2, -0.15) is 0 Å².